The third-order valence-electron chi connectivity index (χ3n) is 2.89. The summed E-state index contributed by atoms with van der Waals surface area (Å²) in [6, 6.07) is 0.0158. The van der Waals surface area contributed by atoms with Crippen molar-refractivity contribution < 1.29 is 9.59 Å². The molecule has 0 aromatic carbocycles. The Morgan fingerprint density at radius 3 is 2.76 bits per heavy atom. The molecule has 0 radical (unpaired) electrons. The number of hydrogen-bond acceptors (Lipinski definition) is 5. The zero-order valence-electron chi connectivity index (χ0n) is 8.80. The molecule has 0 unspecified atom stereocenters. The van der Waals surface area contributed by atoms with Crippen LogP contribution < -0.4 is 0 Å². The minimum absolute atomic E-state index is 0.121. The molecule has 90 valence electrons. The van der Waals surface area contributed by atoms with Gasteiger partial charge in [-0.15, -0.1) is 5.10 Å². The molecule has 2 heterocycles. The Morgan fingerprint density at radius 2 is 2.18 bits per heavy atom. The molecule has 2 fully saturated rings. The first-order valence-corrected chi connectivity index (χ1v) is 6.39. The summed E-state index contributed by atoms with van der Waals surface area (Å²) in [6.45, 7) is 0.301. The average Bonchev–Trinajstić information content (AvgIpc) is 3.01. The summed E-state index contributed by atoms with van der Waals surface area (Å²) < 4.78 is 4.10. The SMILES string of the molecule is O=C1CN(C2CC2)C(=O)N1Cc1nnsc1Cl. The molecule has 3 amide bonds. The molecule has 0 bridgehead atoms. The smallest absolute Gasteiger partial charge is 0.312 e. The number of halogens is 1. The molecule has 2 aliphatic rings. The van der Waals surface area contributed by atoms with Gasteiger partial charge in [0.2, 0.25) is 0 Å². The average molecular weight is 273 g/mol. The van der Waals surface area contributed by atoms with Gasteiger partial charge in [0.1, 0.15) is 16.6 Å². The summed E-state index contributed by atoms with van der Waals surface area (Å²) in [5.41, 5.74) is 0.482. The second-order valence-corrected chi connectivity index (χ2v) is 5.47. The van der Waals surface area contributed by atoms with Crippen molar-refractivity contribution in [1.29, 1.82) is 0 Å². The molecule has 1 saturated carbocycles. The molecular formula is C9H9ClN4O2S. The van der Waals surface area contributed by atoms with Crippen molar-refractivity contribution in [3.63, 3.8) is 0 Å². The predicted molar refractivity (Wildman–Crippen MR) is 60.6 cm³/mol. The Labute approximate surface area is 106 Å². The Hall–Kier alpha value is -1.21. The van der Waals surface area contributed by atoms with Crippen LogP contribution in [0.2, 0.25) is 4.34 Å². The van der Waals surface area contributed by atoms with Gasteiger partial charge in [-0.3, -0.25) is 9.69 Å². The number of hydrogen-bond donors (Lipinski definition) is 0. The van der Waals surface area contributed by atoms with E-state index in [1.165, 1.54) is 4.90 Å². The molecule has 0 atom stereocenters. The van der Waals surface area contributed by atoms with Crippen LogP contribution in [0.1, 0.15) is 18.5 Å². The molecular weight excluding hydrogens is 264 g/mol. The maximum absolute atomic E-state index is 12.0. The van der Waals surface area contributed by atoms with Gasteiger partial charge in [0.15, 0.2) is 0 Å². The predicted octanol–water partition coefficient (Wildman–Crippen LogP) is 1.12. The Bertz CT molecular complexity index is 487. The molecule has 0 N–H and O–H groups in total. The van der Waals surface area contributed by atoms with E-state index in [2.05, 4.69) is 9.59 Å². The summed E-state index contributed by atoms with van der Waals surface area (Å²) in [5, 5.41) is 3.81. The second-order valence-electron chi connectivity index (χ2n) is 4.11. The van der Waals surface area contributed by atoms with Crippen LogP contribution in [-0.2, 0) is 11.3 Å². The summed E-state index contributed by atoms with van der Waals surface area (Å²) >= 11 is 6.91. The van der Waals surface area contributed by atoms with Crippen LogP contribution in [0.3, 0.4) is 0 Å². The van der Waals surface area contributed by atoms with Gasteiger partial charge in [-0.1, -0.05) is 16.1 Å². The first kappa shape index (κ1) is 10.9. The molecule has 1 aromatic rings. The van der Waals surface area contributed by atoms with E-state index in [9.17, 15) is 9.59 Å². The number of nitrogens with zero attached hydrogens (tertiary/aromatic N) is 4. The number of aromatic nitrogens is 2. The highest BCUT2D eigenvalue weighted by Gasteiger charge is 2.43. The van der Waals surface area contributed by atoms with E-state index < -0.39 is 0 Å². The van der Waals surface area contributed by atoms with Crippen LogP contribution in [0, 0.1) is 0 Å². The van der Waals surface area contributed by atoms with Crippen LogP contribution in [0.5, 0.6) is 0 Å². The second kappa shape index (κ2) is 3.92. The van der Waals surface area contributed by atoms with Gasteiger partial charge in [-0.25, -0.2) is 4.79 Å². The van der Waals surface area contributed by atoms with Gasteiger partial charge >= 0.3 is 6.03 Å². The largest absolute Gasteiger partial charge is 0.327 e. The molecule has 8 heteroatoms. The van der Waals surface area contributed by atoms with Crippen LogP contribution in [0.4, 0.5) is 4.79 Å². The standard InChI is InChI=1S/C9H9ClN4O2S/c10-8-6(11-12-17-8)3-14-7(15)4-13(9(14)16)5-1-2-5/h5H,1-4H2. The van der Waals surface area contributed by atoms with E-state index in [1.54, 1.807) is 4.90 Å². The highest BCUT2D eigenvalue weighted by Crippen LogP contribution is 2.31. The fourth-order valence-corrected chi connectivity index (χ4v) is 2.44. The zero-order chi connectivity index (χ0) is 12.0. The quantitative estimate of drug-likeness (QED) is 0.774. The van der Waals surface area contributed by atoms with Gasteiger partial charge in [0, 0.05) is 17.6 Å². The fourth-order valence-electron chi connectivity index (χ4n) is 1.83. The van der Waals surface area contributed by atoms with Gasteiger partial charge in [-0.05, 0) is 12.8 Å². The highest BCUT2D eigenvalue weighted by atomic mass is 35.5. The third-order valence-corrected chi connectivity index (χ3v) is 3.87. The van der Waals surface area contributed by atoms with E-state index in [-0.39, 0.29) is 31.1 Å². The van der Waals surface area contributed by atoms with Gasteiger partial charge in [0.05, 0.1) is 6.54 Å². The van der Waals surface area contributed by atoms with E-state index in [1.807, 2.05) is 0 Å². The van der Waals surface area contributed by atoms with Gasteiger partial charge in [0.25, 0.3) is 5.91 Å². The van der Waals surface area contributed by atoms with E-state index >= 15 is 0 Å². The summed E-state index contributed by atoms with van der Waals surface area (Å²) in [4.78, 5) is 26.5. The van der Waals surface area contributed by atoms with Crippen LogP contribution in [0.15, 0.2) is 0 Å². The Kier molecular flexibility index (Phi) is 2.52. The lowest BCUT2D eigenvalue weighted by atomic mass is 10.4. The number of amides is 3. The first-order chi connectivity index (χ1) is 8.16. The van der Waals surface area contributed by atoms with E-state index in [4.69, 9.17) is 11.6 Å². The maximum atomic E-state index is 12.0. The zero-order valence-corrected chi connectivity index (χ0v) is 10.4. The fraction of sp³-hybridized carbons (Fsp3) is 0.556. The Morgan fingerprint density at radius 1 is 1.41 bits per heavy atom. The van der Waals surface area contributed by atoms with E-state index in [0.717, 1.165) is 24.4 Å². The molecule has 1 aromatic heterocycles. The van der Waals surface area contributed by atoms with Crippen LogP contribution in [-0.4, -0.2) is 43.9 Å². The number of carbonyl (C=O) groups excluding carboxylic acids is 2. The highest BCUT2D eigenvalue weighted by molar-refractivity contribution is 7.10. The van der Waals surface area contributed by atoms with E-state index in [0.29, 0.717) is 10.0 Å². The normalized spacial score (nSPS) is 20.5. The molecule has 1 aliphatic carbocycles. The van der Waals surface area contributed by atoms with Gasteiger partial charge < -0.3 is 4.90 Å². The first-order valence-electron chi connectivity index (χ1n) is 5.24. The molecule has 1 aliphatic heterocycles. The third kappa shape index (κ3) is 1.89. The maximum Gasteiger partial charge on any atom is 0.327 e. The van der Waals surface area contributed by atoms with Crippen molar-refractivity contribution in [2.24, 2.45) is 0 Å². The van der Waals surface area contributed by atoms with Crippen molar-refractivity contribution in [3.8, 4) is 0 Å². The number of urea groups is 1. The monoisotopic (exact) mass is 272 g/mol. The summed E-state index contributed by atoms with van der Waals surface area (Å²) in [7, 11) is 0. The number of carbonyl (C=O) groups is 2. The minimum atomic E-state index is -0.235. The molecule has 1 saturated heterocycles. The lowest BCUT2D eigenvalue weighted by Gasteiger charge is -2.15. The lowest BCUT2D eigenvalue weighted by molar-refractivity contribution is -0.125. The van der Waals surface area contributed by atoms with Crippen LogP contribution in [0.25, 0.3) is 0 Å². The topological polar surface area (TPSA) is 66.4 Å². The summed E-state index contributed by atoms with van der Waals surface area (Å²) in [5.74, 6) is -0.189. The molecule has 6 nitrogen and oxygen atoms in total. The minimum Gasteiger partial charge on any atom is -0.312 e. The lowest BCUT2D eigenvalue weighted by Crippen LogP contribution is -2.33. The summed E-state index contributed by atoms with van der Waals surface area (Å²) in [6.07, 6.45) is 1.98. The van der Waals surface area contributed by atoms with Crippen molar-refractivity contribution in [3.05, 3.63) is 10.0 Å². The van der Waals surface area contributed by atoms with Crippen molar-refractivity contribution in [2.75, 3.05) is 6.54 Å². The van der Waals surface area contributed by atoms with Crippen molar-refractivity contribution in [1.82, 2.24) is 19.4 Å². The molecule has 0 spiro atoms. The van der Waals surface area contributed by atoms with Crippen LogP contribution >= 0.6 is 23.1 Å². The van der Waals surface area contributed by atoms with Crippen molar-refractivity contribution >= 4 is 35.1 Å². The Balaban J connectivity index is 1.77. The van der Waals surface area contributed by atoms with Gasteiger partial charge in [-0.2, -0.15) is 0 Å². The number of rotatable bonds is 3. The molecule has 17 heavy (non-hydrogen) atoms. The number of imide groups is 1. The molecule has 3 rings (SSSR count). The van der Waals surface area contributed by atoms with Crippen molar-refractivity contribution in [2.45, 2.75) is 25.4 Å².